The lowest BCUT2D eigenvalue weighted by Gasteiger charge is -2.14. The molecule has 0 aliphatic carbocycles. The van der Waals surface area contributed by atoms with Crippen molar-refractivity contribution in [2.75, 3.05) is 27.4 Å². The summed E-state index contributed by atoms with van der Waals surface area (Å²) >= 11 is 6.25. The highest BCUT2D eigenvalue weighted by atomic mass is 35.5. The summed E-state index contributed by atoms with van der Waals surface area (Å²) in [5.41, 5.74) is 0.256. The Balaban J connectivity index is 1.99. The Morgan fingerprint density at radius 2 is 1.72 bits per heavy atom. The third kappa shape index (κ3) is 6.88. The molecule has 8 nitrogen and oxygen atoms in total. The number of hydrogen-bond donors (Lipinski definition) is 1. The summed E-state index contributed by atoms with van der Waals surface area (Å²) in [5, 5.41) is 2.32. The average Bonchev–Trinajstić information content (AvgIpc) is 2.77. The van der Waals surface area contributed by atoms with Gasteiger partial charge in [-0.2, -0.15) is 0 Å². The summed E-state index contributed by atoms with van der Waals surface area (Å²) in [6, 6.07) is 9.21. The molecule has 0 fully saturated rings. The minimum absolute atomic E-state index is 0.0758. The van der Waals surface area contributed by atoms with Gasteiger partial charge >= 0.3 is 5.97 Å². The Hall–Kier alpha value is -3.26. The van der Waals surface area contributed by atoms with Gasteiger partial charge in [0.1, 0.15) is 5.75 Å². The molecule has 2 aromatic carbocycles. The summed E-state index contributed by atoms with van der Waals surface area (Å²) in [5.74, 6) is -0.909. The van der Waals surface area contributed by atoms with Gasteiger partial charge in [-0.25, -0.2) is 4.79 Å². The Morgan fingerprint density at radius 3 is 2.38 bits per heavy atom. The number of nitrogens with one attached hydrogen (secondary N) is 1. The van der Waals surface area contributed by atoms with Crippen LogP contribution in [0, 0.1) is 5.92 Å². The molecule has 0 aliphatic rings. The molecule has 2 rings (SSSR count). The van der Waals surface area contributed by atoms with Crippen LogP contribution in [-0.2, 0) is 9.53 Å². The highest BCUT2D eigenvalue weighted by molar-refractivity contribution is 6.32. The van der Waals surface area contributed by atoms with E-state index in [9.17, 15) is 14.4 Å². The number of imide groups is 1. The third-order valence-electron chi connectivity index (χ3n) is 4.35. The molecule has 0 aromatic heterocycles. The first-order valence-corrected chi connectivity index (χ1v) is 10.3. The zero-order chi connectivity index (χ0) is 23.7. The van der Waals surface area contributed by atoms with Crippen molar-refractivity contribution in [2.45, 2.75) is 20.3 Å². The van der Waals surface area contributed by atoms with Gasteiger partial charge < -0.3 is 18.9 Å². The summed E-state index contributed by atoms with van der Waals surface area (Å²) in [6.45, 7) is 3.92. The summed E-state index contributed by atoms with van der Waals surface area (Å²) in [4.78, 5) is 36.7. The van der Waals surface area contributed by atoms with Crippen LogP contribution >= 0.6 is 11.6 Å². The van der Waals surface area contributed by atoms with Crippen LogP contribution in [0.4, 0.5) is 0 Å². The van der Waals surface area contributed by atoms with Crippen LogP contribution in [0.2, 0.25) is 5.02 Å². The van der Waals surface area contributed by atoms with Gasteiger partial charge in [0, 0.05) is 0 Å². The number of methoxy groups -OCH3 is 2. The first-order valence-electron chi connectivity index (χ1n) is 9.91. The van der Waals surface area contributed by atoms with Gasteiger partial charge in [-0.3, -0.25) is 14.9 Å². The minimum Gasteiger partial charge on any atom is -0.496 e. The molecule has 0 bridgehead atoms. The van der Waals surface area contributed by atoms with Crippen molar-refractivity contribution in [3.63, 3.8) is 0 Å². The van der Waals surface area contributed by atoms with Crippen LogP contribution in [0.3, 0.4) is 0 Å². The number of carbonyl (C=O) groups excluding carboxylic acids is 3. The highest BCUT2D eigenvalue weighted by Gasteiger charge is 2.19. The predicted octanol–water partition coefficient (Wildman–Crippen LogP) is 3.90. The second kappa shape index (κ2) is 12.0. The molecule has 0 unspecified atom stereocenters. The van der Waals surface area contributed by atoms with Gasteiger partial charge in [0.2, 0.25) is 0 Å². The van der Waals surface area contributed by atoms with E-state index in [1.807, 2.05) is 0 Å². The van der Waals surface area contributed by atoms with Crippen LogP contribution in [0.25, 0.3) is 0 Å². The molecule has 0 spiro atoms. The van der Waals surface area contributed by atoms with Crippen LogP contribution in [-0.4, -0.2) is 45.2 Å². The molecule has 9 heteroatoms. The number of esters is 1. The summed E-state index contributed by atoms with van der Waals surface area (Å²) in [6.07, 6.45) is 0.825. The standard InChI is InChI=1S/C23H26ClNO7/c1-14(2)9-10-31-21-17(24)11-15(12-19(21)30-4)23(28)32-13-20(26)25-22(27)16-7-5-6-8-18(16)29-3/h5-8,11-12,14H,9-10,13H2,1-4H3,(H,25,26,27). The number of amides is 2. The van der Waals surface area contributed by atoms with Crippen molar-refractivity contribution >= 4 is 29.4 Å². The fraction of sp³-hybridized carbons (Fsp3) is 0.348. The van der Waals surface area contributed by atoms with E-state index in [-0.39, 0.29) is 21.9 Å². The Morgan fingerprint density at radius 1 is 1.03 bits per heavy atom. The number of halogens is 1. The van der Waals surface area contributed by atoms with Gasteiger partial charge in [-0.15, -0.1) is 0 Å². The number of carbonyl (C=O) groups is 3. The number of hydrogen-bond acceptors (Lipinski definition) is 7. The maximum Gasteiger partial charge on any atom is 0.338 e. The molecule has 0 atom stereocenters. The van der Waals surface area contributed by atoms with E-state index in [0.717, 1.165) is 6.42 Å². The van der Waals surface area contributed by atoms with E-state index < -0.39 is 24.4 Å². The lowest BCUT2D eigenvalue weighted by atomic mass is 10.1. The molecule has 0 saturated heterocycles. The quantitative estimate of drug-likeness (QED) is 0.533. The first kappa shape index (κ1) is 25.0. The molecular weight excluding hydrogens is 438 g/mol. The Bertz CT molecular complexity index is 975. The largest absolute Gasteiger partial charge is 0.496 e. The van der Waals surface area contributed by atoms with Crippen LogP contribution < -0.4 is 19.5 Å². The molecule has 1 N–H and O–H groups in total. The van der Waals surface area contributed by atoms with Crippen molar-refractivity contribution in [1.82, 2.24) is 5.32 Å². The molecule has 2 amide bonds. The van der Waals surface area contributed by atoms with Gasteiger partial charge in [0.15, 0.2) is 18.1 Å². The maximum atomic E-state index is 12.4. The third-order valence-corrected chi connectivity index (χ3v) is 4.63. The average molecular weight is 464 g/mol. The molecule has 0 saturated carbocycles. The van der Waals surface area contributed by atoms with Crippen LogP contribution in [0.15, 0.2) is 36.4 Å². The lowest BCUT2D eigenvalue weighted by molar-refractivity contribution is -0.123. The molecule has 2 aromatic rings. The number of rotatable bonds is 10. The molecule has 32 heavy (non-hydrogen) atoms. The summed E-state index contributed by atoms with van der Waals surface area (Å²) < 4.78 is 21.0. The van der Waals surface area contributed by atoms with E-state index >= 15 is 0 Å². The smallest absolute Gasteiger partial charge is 0.338 e. The van der Waals surface area contributed by atoms with Gasteiger partial charge in [-0.05, 0) is 36.6 Å². The van der Waals surface area contributed by atoms with Gasteiger partial charge in [0.05, 0.1) is 37.0 Å². The van der Waals surface area contributed by atoms with E-state index in [0.29, 0.717) is 24.0 Å². The Kier molecular flexibility index (Phi) is 9.34. The van der Waals surface area contributed by atoms with Crippen molar-refractivity contribution in [3.8, 4) is 17.2 Å². The van der Waals surface area contributed by atoms with Crippen molar-refractivity contribution in [3.05, 3.63) is 52.5 Å². The molecule has 172 valence electrons. The van der Waals surface area contributed by atoms with E-state index in [1.165, 1.54) is 32.4 Å². The van der Waals surface area contributed by atoms with Gasteiger partial charge in [0.25, 0.3) is 11.8 Å². The maximum absolute atomic E-state index is 12.4. The highest BCUT2D eigenvalue weighted by Crippen LogP contribution is 2.36. The van der Waals surface area contributed by atoms with Gasteiger partial charge in [-0.1, -0.05) is 37.6 Å². The van der Waals surface area contributed by atoms with Crippen LogP contribution in [0.5, 0.6) is 17.2 Å². The first-order chi connectivity index (χ1) is 15.3. The van der Waals surface area contributed by atoms with E-state index in [1.54, 1.807) is 18.2 Å². The zero-order valence-corrected chi connectivity index (χ0v) is 19.2. The van der Waals surface area contributed by atoms with E-state index in [2.05, 4.69) is 19.2 Å². The fourth-order valence-corrected chi connectivity index (χ4v) is 2.92. The molecule has 0 aliphatic heterocycles. The monoisotopic (exact) mass is 463 g/mol. The lowest BCUT2D eigenvalue weighted by Crippen LogP contribution is -2.34. The van der Waals surface area contributed by atoms with E-state index in [4.69, 9.17) is 30.5 Å². The topological polar surface area (TPSA) is 100 Å². The summed E-state index contributed by atoms with van der Waals surface area (Å²) in [7, 11) is 2.84. The molecular formula is C23H26ClNO7. The van der Waals surface area contributed by atoms with Crippen LogP contribution in [0.1, 0.15) is 41.0 Å². The second-order valence-electron chi connectivity index (χ2n) is 7.17. The minimum atomic E-state index is -0.807. The van der Waals surface area contributed by atoms with Crippen molar-refractivity contribution in [2.24, 2.45) is 5.92 Å². The fourth-order valence-electron chi connectivity index (χ4n) is 2.65. The van der Waals surface area contributed by atoms with Crippen molar-refractivity contribution < 1.29 is 33.3 Å². The number of benzene rings is 2. The Labute approximate surface area is 191 Å². The molecule has 0 radical (unpaired) electrons. The number of ether oxygens (including phenoxy) is 4. The van der Waals surface area contributed by atoms with Crippen molar-refractivity contribution in [1.29, 1.82) is 0 Å². The predicted molar refractivity (Wildman–Crippen MR) is 119 cm³/mol. The SMILES string of the molecule is COc1ccccc1C(=O)NC(=O)COC(=O)c1cc(Cl)c(OCCC(C)C)c(OC)c1. The molecule has 0 heterocycles. The zero-order valence-electron chi connectivity index (χ0n) is 18.4. The second-order valence-corrected chi connectivity index (χ2v) is 7.58. The normalized spacial score (nSPS) is 10.4. The number of para-hydroxylation sites is 1.